The first-order chi connectivity index (χ1) is 14.6. The summed E-state index contributed by atoms with van der Waals surface area (Å²) in [5.41, 5.74) is 7.32. The highest BCUT2D eigenvalue weighted by Crippen LogP contribution is 2.40. The first-order valence-electron chi connectivity index (χ1n) is 9.88. The molecule has 0 spiro atoms. The minimum Gasteiger partial charge on any atom is -0.477 e. The molecule has 6 nitrogen and oxygen atoms in total. The van der Waals surface area contributed by atoms with Gasteiger partial charge in [0.05, 0.1) is 23.9 Å². The maximum Gasteiger partial charge on any atom is 0.262 e. The fourth-order valence-electron chi connectivity index (χ4n) is 3.30. The summed E-state index contributed by atoms with van der Waals surface area (Å²) in [6, 6.07) is 15.0. The van der Waals surface area contributed by atoms with Crippen molar-refractivity contribution in [2.45, 2.75) is 25.2 Å². The number of halogens is 1. The standard InChI is InChI=1S/C23H21FN4O2/c24-20-12-17(4-5-18(20)14-26)23-27-21(30-11-1-10-25)13-22(29)28(23)19-8-6-16(7-9-19)15-2-3-15/h4-9,12-13,15H,1-3,10-11,25H2. The van der Waals surface area contributed by atoms with Crippen molar-refractivity contribution < 1.29 is 9.13 Å². The Morgan fingerprint density at radius 2 is 1.97 bits per heavy atom. The van der Waals surface area contributed by atoms with E-state index in [1.165, 1.54) is 41.2 Å². The molecule has 4 rings (SSSR count). The van der Waals surface area contributed by atoms with Crippen LogP contribution in [0.4, 0.5) is 4.39 Å². The Balaban J connectivity index is 1.82. The van der Waals surface area contributed by atoms with Crippen LogP contribution in [-0.2, 0) is 0 Å². The van der Waals surface area contributed by atoms with E-state index >= 15 is 0 Å². The Kier molecular flexibility index (Phi) is 5.59. The van der Waals surface area contributed by atoms with Crippen LogP contribution < -0.4 is 16.0 Å². The topological polar surface area (TPSA) is 93.9 Å². The number of benzene rings is 2. The largest absolute Gasteiger partial charge is 0.477 e. The molecule has 0 saturated heterocycles. The minimum absolute atomic E-state index is 0.0724. The van der Waals surface area contributed by atoms with Gasteiger partial charge in [-0.3, -0.25) is 9.36 Å². The summed E-state index contributed by atoms with van der Waals surface area (Å²) >= 11 is 0. The van der Waals surface area contributed by atoms with Crippen LogP contribution >= 0.6 is 0 Å². The van der Waals surface area contributed by atoms with Gasteiger partial charge in [-0.1, -0.05) is 12.1 Å². The zero-order chi connectivity index (χ0) is 21.1. The van der Waals surface area contributed by atoms with Crippen LogP contribution in [0.1, 0.15) is 36.3 Å². The highest BCUT2D eigenvalue weighted by Gasteiger charge is 2.23. The van der Waals surface area contributed by atoms with Crippen LogP contribution in [0.5, 0.6) is 5.88 Å². The van der Waals surface area contributed by atoms with Gasteiger partial charge >= 0.3 is 0 Å². The Bertz CT molecular complexity index is 1160. The third-order valence-electron chi connectivity index (χ3n) is 5.04. The molecule has 1 saturated carbocycles. The van der Waals surface area contributed by atoms with Crippen LogP contribution in [-0.4, -0.2) is 22.7 Å². The third kappa shape index (κ3) is 4.09. The van der Waals surface area contributed by atoms with Gasteiger partial charge in [-0.25, -0.2) is 4.39 Å². The molecule has 0 unspecified atom stereocenters. The van der Waals surface area contributed by atoms with Gasteiger partial charge in [0.2, 0.25) is 5.88 Å². The number of hydrogen-bond acceptors (Lipinski definition) is 5. The Morgan fingerprint density at radius 3 is 2.60 bits per heavy atom. The number of rotatable bonds is 7. The summed E-state index contributed by atoms with van der Waals surface area (Å²) in [5.74, 6) is 0.320. The second kappa shape index (κ2) is 8.47. The Hall–Kier alpha value is -3.50. The van der Waals surface area contributed by atoms with Crippen LogP contribution in [0.3, 0.4) is 0 Å². The van der Waals surface area contributed by atoms with Gasteiger partial charge in [-0.15, -0.1) is 0 Å². The highest BCUT2D eigenvalue weighted by atomic mass is 19.1. The molecule has 1 fully saturated rings. The van der Waals surface area contributed by atoms with E-state index in [9.17, 15) is 9.18 Å². The van der Waals surface area contributed by atoms with Gasteiger partial charge in [0, 0.05) is 5.56 Å². The Labute approximate surface area is 173 Å². The molecule has 0 bridgehead atoms. The van der Waals surface area contributed by atoms with Crippen molar-refractivity contribution >= 4 is 0 Å². The third-order valence-corrected chi connectivity index (χ3v) is 5.04. The summed E-state index contributed by atoms with van der Waals surface area (Å²) in [4.78, 5) is 17.4. The summed E-state index contributed by atoms with van der Waals surface area (Å²) in [7, 11) is 0. The predicted molar refractivity (Wildman–Crippen MR) is 111 cm³/mol. The van der Waals surface area contributed by atoms with Gasteiger partial charge < -0.3 is 10.5 Å². The first kappa shape index (κ1) is 19.8. The van der Waals surface area contributed by atoms with Crippen LogP contribution in [0.2, 0.25) is 0 Å². The number of hydrogen-bond donors (Lipinski definition) is 1. The smallest absolute Gasteiger partial charge is 0.262 e. The lowest BCUT2D eigenvalue weighted by Gasteiger charge is -2.15. The van der Waals surface area contributed by atoms with E-state index in [1.807, 2.05) is 24.3 Å². The van der Waals surface area contributed by atoms with Gasteiger partial charge in [0.1, 0.15) is 11.9 Å². The zero-order valence-electron chi connectivity index (χ0n) is 16.3. The number of nitrogens with zero attached hydrogens (tertiary/aromatic N) is 3. The molecule has 0 radical (unpaired) electrons. The van der Waals surface area contributed by atoms with Crippen molar-refractivity contribution in [2.75, 3.05) is 13.2 Å². The molecule has 0 aliphatic heterocycles. The highest BCUT2D eigenvalue weighted by molar-refractivity contribution is 5.61. The van der Waals surface area contributed by atoms with Crippen molar-refractivity contribution in [3.05, 3.63) is 75.8 Å². The van der Waals surface area contributed by atoms with E-state index in [2.05, 4.69) is 4.98 Å². The molecule has 30 heavy (non-hydrogen) atoms. The lowest BCUT2D eigenvalue weighted by molar-refractivity contribution is 0.300. The van der Waals surface area contributed by atoms with Crippen LogP contribution in [0.15, 0.2) is 53.3 Å². The number of ether oxygens (including phenoxy) is 1. The molecule has 2 N–H and O–H groups in total. The summed E-state index contributed by atoms with van der Waals surface area (Å²) < 4.78 is 21.3. The molecule has 2 aromatic carbocycles. The first-order valence-corrected chi connectivity index (χ1v) is 9.88. The SMILES string of the molecule is N#Cc1ccc(-c2nc(OCCCN)cc(=O)n2-c2ccc(C3CC3)cc2)cc1F. The van der Waals surface area contributed by atoms with Crippen LogP contribution in [0, 0.1) is 17.1 Å². The molecular weight excluding hydrogens is 383 g/mol. The van der Waals surface area contributed by atoms with E-state index in [0.29, 0.717) is 36.7 Å². The fraction of sp³-hybridized carbons (Fsp3) is 0.261. The molecule has 3 aromatic rings. The van der Waals surface area contributed by atoms with Crippen LogP contribution in [0.25, 0.3) is 17.1 Å². The summed E-state index contributed by atoms with van der Waals surface area (Å²) in [5, 5.41) is 9.01. The number of nitriles is 1. The van der Waals surface area contributed by atoms with Gasteiger partial charge in [-0.05, 0) is 67.6 Å². The van der Waals surface area contributed by atoms with Gasteiger partial charge in [-0.2, -0.15) is 10.2 Å². The second-order valence-corrected chi connectivity index (χ2v) is 7.25. The van der Waals surface area contributed by atoms with Crippen molar-refractivity contribution in [2.24, 2.45) is 5.73 Å². The molecule has 7 heteroatoms. The molecule has 0 atom stereocenters. The summed E-state index contributed by atoms with van der Waals surface area (Å²) in [6.07, 6.45) is 2.99. The van der Waals surface area contributed by atoms with E-state index in [1.54, 1.807) is 12.1 Å². The van der Waals surface area contributed by atoms with E-state index in [4.69, 9.17) is 15.7 Å². The van der Waals surface area contributed by atoms with Gasteiger partial charge in [0.25, 0.3) is 5.56 Å². The monoisotopic (exact) mass is 404 g/mol. The van der Waals surface area contributed by atoms with Crippen molar-refractivity contribution in [1.29, 1.82) is 5.26 Å². The summed E-state index contributed by atoms with van der Waals surface area (Å²) in [6.45, 7) is 0.780. The van der Waals surface area contributed by atoms with Gasteiger partial charge in [0.15, 0.2) is 5.82 Å². The molecule has 152 valence electrons. The van der Waals surface area contributed by atoms with E-state index < -0.39 is 5.82 Å². The molecule has 1 heterocycles. The molecular formula is C23H21FN4O2. The molecule has 1 aliphatic carbocycles. The quantitative estimate of drug-likeness (QED) is 0.608. The second-order valence-electron chi connectivity index (χ2n) is 7.25. The molecule has 1 aromatic heterocycles. The van der Waals surface area contributed by atoms with Crippen molar-refractivity contribution in [3.8, 4) is 29.0 Å². The molecule has 1 aliphatic rings. The zero-order valence-corrected chi connectivity index (χ0v) is 16.3. The lowest BCUT2D eigenvalue weighted by atomic mass is 10.1. The lowest BCUT2D eigenvalue weighted by Crippen LogP contribution is -2.22. The normalized spacial score (nSPS) is 13.1. The number of aromatic nitrogens is 2. The predicted octanol–water partition coefficient (Wildman–Crippen LogP) is 3.52. The maximum absolute atomic E-state index is 14.3. The average molecular weight is 404 g/mol. The van der Waals surface area contributed by atoms with E-state index in [-0.39, 0.29) is 22.8 Å². The maximum atomic E-state index is 14.3. The average Bonchev–Trinajstić information content (AvgIpc) is 3.59. The number of nitrogens with two attached hydrogens (primary N) is 1. The minimum atomic E-state index is -0.672. The fourth-order valence-corrected chi connectivity index (χ4v) is 3.30. The van der Waals surface area contributed by atoms with Crippen molar-refractivity contribution in [1.82, 2.24) is 9.55 Å². The molecule has 0 amide bonds. The van der Waals surface area contributed by atoms with Crippen molar-refractivity contribution in [3.63, 3.8) is 0 Å². The Morgan fingerprint density at radius 1 is 1.20 bits per heavy atom. The van der Waals surface area contributed by atoms with E-state index in [0.717, 1.165) is 0 Å².